The van der Waals surface area contributed by atoms with E-state index in [1.54, 1.807) is 7.11 Å². The number of carbonyl (C=O) groups is 1. The van der Waals surface area contributed by atoms with Crippen LogP contribution >= 0.6 is 11.6 Å². The Morgan fingerprint density at radius 1 is 1.41 bits per heavy atom. The number of hydrogen-bond donors (Lipinski definition) is 1. The van der Waals surface area contributed by atoms with E-state index in [2.05, 4.69) is 12.2 Å². The lowest BCUT2D eigenvalue weighted by Gasteiger charge is -2.27. The molecule has 0 heterocycles. The summed E-state index contributed by atoms with van der Waals surface area (Å²) in [5.41, 5.74) is 0. The Balaban J connectivity index is 2.35. The van der Waals surface area contributed by atoms with Gasteiger partial charge in [-0.15, -0.1) is 11.6 Å². The van der Waals surface area contributed by atoms with Gasteiger partial charge in [0.15, 0.2) is 0 Å². The molecule has 17 heavy (non-hydrogen) atoms. The van der Waals surface area contributed by atoms with E-state index >= 15 is 0 Å². The summed E-state index contributed by atoms with van der Waals surface area (Å²) in [7, 11) is 1.65. The Morgan fingerprint density at radius 2 is 2.06 bits per heavy atom. The topological polar surface area (TPSA) is 38.3 Å². The third kappa shape index (κ3) is 5.26. The van der Waals surface area contributed by atoms with E-state index in [1.165, 1.54) is 12.8 Å². The number of nitrogens with one attached hydrogen (secondary N) is 1. The molecule has 0 aromatic rings. The van der Waals surface area contributed by atoms with Crippen molar-refractivity contribution in [2.75, 3.05) is 19.6 Å². The Hall–Kier alpha value is -0.280. The predicted octanol–water partition coefficient (Wildman–Crippen LogP) is 2.57. The molecule has 1 saturated carbocycles. The quantitative estimate of drug-likeness (QED) is 0.747. The highest BCUT2D eigenvalue weighted by atomic mass is 35.5. The molecule has 1 atom stereocenters. The second kappa shape index (κ2) is 7.93. The lowest BCUT2D eigenvalue weighted by molar-refractivity contribution is -0.127. The van der Waals surface area contributed by atoms with Gasteiger partial charge >= 0.3 is 0 Å². The number of halogens is 1. The highest BCUT2D eigenvalue weighted by Gasteiger charge is 2.25. The van der Waals surface area contributed by atoms with Crippen molar-refractivity contribution in [1.82, 2.24) is 5.32 Å². The summed E-state index contributed by atoms with van der Waals surface area (Å²) in [6.07, 6.45) is 5.15. The molecular formula is C13H24ClNO2. The SMILES string of the molecule is COCC(CCCl)NC(=O)C1CCC(C)CC1. The van der Waals surface area contributed by atoms with Gasteiger partial charge in [0.05, 0.1) is 12.6 Å². The number of carbonyl (C=O) groups excluding carboxylic acids is 1. The summed E-state index contributed by atoms with van der Waals surface area (Å²) in [6.45, 7) is 2.80. The van der Waals surface area contributed by atoms with Crippen LogP contribution in [0.1, 0.15) is 39.0 Å². The van der Waals surface area contributed by atoms with Gasteiger partial charge in [-0.05, 0) is 38.0 Å². The Kier molecular flexibility index (Phi) is 6.90. The maximum Gasteiger partial charge on any atom is 0.223 e. The maximum atomic E-state index is 12.1. The zero-order chi connectivity index (χ0) is 12.7. The van der Waals surface area contributed by atoms with Crippen molar-refractivity contribution >= 4 is 17.5 Å². The summed E-state index contributed by atoms with van der Waals surface area (Å²) < 4.78 is 5.09. The number of methoxy groups -OCH3 is 1. The number of rotatable bonds is 6. The fourth-order valence-electron chi connectivity index (χ4n) is 2.37. The molecule has 0 bridgehead atoms. The van der Waals surface area contributed by atoms with Crippen molar-refractivity contribution in [3.05, 3.63) is 0 Å². The molecule has 100 valence electrons. The van der Waals surface area contributed by atoms with E-state index in [0.29, 0.717) is 12.5 Å². The summed E-state index contributed by atoms with van der Waals surface area (Å²) >= 11 is 5.71. The predicted molar refractivity (Wildman–Crippen MR) is 70.3 cm³/mol. The summed E-state index contributed by atoms with van der Waals surface area (Å²) in [4.78, 5) is 12.1. The molecule has 0 radical (unpaired) electrons. The number of alkyl halides is 1. The first-order valence-corrected chi connectivity index (χ1v) is 7.06. The number of hydrogen-bond acceptors (Lipinski definition) is 2. The monoisotopic (exact) mass is 261 g/mol. The maximum absolute atomic E-state index is 12.1. The molecule has 0 aromatic carbocycles. The molecular weight excluding hydrogens is 238 g/mol. The van der Waals surface area contributed by atoms with Crippen LogP contribution in [-0.4, -0.2) is 31.5 Å². The lowest BCUT2D eigenvalue weighted by Crippen LogP contribution is -2.42. The average molecular weight is 262 g/mol. The van der Waals surface area contributed by atoms with Crippen LogP contribution < -0.4 is 5.32 Å². The molecule has 0 aromatic heterocycles. The first-order valence-electron chi connectivity index (χ1n) is 6.52. The fraction of sp³-hybridized carbons (Fsp3) is 0.923. The van der Waals surface area contributed by atoms with E-state index in [-0.39, 0.29) is 17.9 Å². The largest absolute Gasteiger partial charge is 0.383 e. The van der Waals surface area contributed by atoms with Gasteiger partial charge in [0.2, 0.25) is 5.91 Å². The molecule has 0 spiro atoms. The Morgan fingerprint density at radius 3 is 2.59 bits per heavy atom. The third-order valence-electron chi connectivity index (χ3n) is 3.56. The van der Waals surface area contributed by atoms with Crippen LogP contribution in [0.25, 0.3) is 0 Å². The number of amides is 1. The van der Waals surface area contributed by atoms with Crippen LogP contribution in [-0.2, 0) is 9.53 Å². The van der Waals surface area contributed by atoms with E-state index in [9.17, 15) is 4.79 Å². The Labute approximate surface area is 109 Å². The highest BCUT2D eigenvalue weighted by molar-refractivity contribution is 6.17. The first kappa shape index (κ1) is 14.8. The smallest absolute Gasteiger partial charge is 0.223 e. The van der Waals surface area contributed by atoms with E-state index in [4.69, 9.17) is 16.3 Å². The van der Waals surface area contributed by atoms with E-state index in [1.807, 2.05) is 0 Å². The molecule has 1 amide bonds. The molecule has 3 nitrogen and oxygen atoms in total. The van der Waals surface area contributed by atoms with Gasteiger partial charge in [0.25, 0.3) is 0 Å². The zero-order valence-electron chi connectivity index (χ0n) is 10.9. The van der Waals surface area contributed by atoms with Crippen LogP contribution in [0.15, 0.2) is 0 Å². The third-order valence-corrected chi connectivity index (χ3v) is 3.78. The standard InChI is InChI=1S/C13H24ClNO2/c1-10-3-5-11(6-4-10)13(16)15-12(7-8-14)9-17-2/h10-12H,3-9H2,1-2H3,(H,15,16). The molecule has 1 aliphatic carbocycles. The van der Waals surface area contributed by atoms with Crippen LogP contribution in [0.3, 0.4) is 0 Å². The van der Waals surface area contributed by atoms with E-state index in [0.717, 1.165) is 25.2 Å². The van der Waals surface area contributed by atoms with Gasteiger partial charge in [-0.25, -0.2) is 0 Å². The van der Waals surface area contributed by atoms with Crippen LogP contribution in [0.5, 0.6) is 0 Å². The second-order valence-corrected chi connectivity index (χ2v) is 5.47. The highest BCUT2D eigenvalue weighted by Crippen LogP contribution is 2.28. The molecule has 1 aliphatic rings. The number of ether oxygens (including phenoxy) is 1. The summed E-state index contributed by atoms with van der Waals surface area (Å²) in [6, 6.07) is 0.0596. The minimum atomic E-state index is 0.0596. The van der Waals surface area contributed by atoms with Gasteiger partial charge in [0, 0.05) is 18.9 Å². The molecule has 4 heteroatoms. The molecule has 0 aliphatic heterocycles. The minimum Gasteiger partial charge on any atom is -0.383 e. The molecule has 1 N–H and O–H groups in total. The van der Waals surface area contributed by atoms with Gasteiger partial charge in [-0.3, -0.25) is 4.79 Å². The van der Waals surface area contributed by atoms with Gasteiger partial charge in [0.1, 0.15) is 0 Å². The van der Waals surface area contributed by atoms with E-state index < -0.39 is 0 Å². The van der Waals surface area contributed by atoms with Gasteiger partial charge < -0.3 is 10.1 Å². The van der Waals surface area contributed by atoms with Gasteiger partial charge in [-0.1, -0.05) is 6.92 Å². The van der Waals surface area contributed by atoms with Crippen molar-refractivity contribution in [1.29, 1.82) is 0 Å². The molecule has 1 rings (SSSR count). The first-order chi connectivity index (χ1) is 8.17. The second-order valence-electron chi connectivity index (χ2n) is 5.10. The summed E-state index contributed by atoms with van der Waals surface area (Å²) in [5.74, 6) is 1.71. The van der Waals surface area contributed by atoms with Crippen molar-refractivity contribution in [3.63, 3.8) is 0 Å². The normalized spacial score (nSPS) is 26.5. The molecule has 0 saturated heterocycles. The van der Waals surface area contributed by atoms with Crippen LogP contribution in [0.4, 0.5) is 0 Å². The Bertz CT molecular complexity index is 221. The van der Waals surface area contributed by atoms with Crippen molar-refractivity contribution < 1.29 is 9.53 Å². The van der Waals surface area contributed by atoms with Crippen LogP contribution in [0, 0.1) is 11.8 Å². The minimum absolute atomic E-state index is 0.0596. The molecule has 1 fully saturated rings. The van der Waals surface area contributed by atoms with Crippen molar-refractivity contribution in [3.8, 4) is 0 Å². The van der Waals surface area contributed by atoms with Gasteiger partial charge in [-0.2, -0.15) is 0 Å². The average Bonchev–Trinajstić information content (AvgIpc) is 2.30. The van der Waals surface area contributed by atoms with Crippen LogP contribution in [0.2, 0.25) is 0 Å². The van der Waals surface area contributed by atoms with Crippen molar-refractivity contribution in [2.45, 2.75) is 45.1 Å². The lowest BCUT2D eigenvalue weighted by atomic mass is 9.82. The molecule has 1 unspecified atom stereocenters. The zero-order valence-corrected chi connectivity index (χ0v) is 11.6. The fourth-order valence-corrected chi connectivity index (χ4v) is 2.63. The summed E-state index contributed by atoms with van der Waals surface area (Å²) in [5, 5.41) is 3.06. The van der Waals surface area contributed by atoms with Crippen molar-refractivity contribution in [2.24, 2.45) is 11.8 Å².